The minimum Gasteiger partial charge on any atom is -0.479 e. The number of pyridine rings is 1. The standard InChI is InChI=1S/C8H10N2O4/c1-10-3-2-6(4-7(10)11)9-14-5-8(12)13/h2-4,9H,5H2,1H3,(H,12,13). The molecule has 1 aromatic heterocycles. The van der Waals surface area contributed by atoms with Crippen LogP contribution in [0.4, 0.5) is 5.69 Å². The van der Waals surface area contributed by atoms with E-state index in [9.17, 15) is 9.59 Å². The topological polar surface area (TPSA) is 80.6 Å². The molecule has 6 heteroatoms. The zero-order valence-electron chi connectivity index (χ0n) is 7.56. The zero-order chi connectivity index (χ0) is 10.6. The quantitative estimate of drug-likeness (QED) is 0.655. The van der Waals surface area contributed by atoms with Crippen molar-refractivity contribution in [2.75, 3.05) is 12.1 Å². The summed E-state index contributed by atoms with van der Waals surface area (Å²) in [6.07, 6.45) is 1.55. The largest absolute Gasteiger partial charge is 0.479 e. The van der Waals surface area contributed by atoms with E-state index in [4.69, 9.17) is 5.11 Å². The van der Waals surface area contributed by atoms with E-state index in [0.29, 0.717) is 5.69 Å². The number of aryl methyl sites for hydroxylation is 1. The summed E-state index contributed by atoms with van der Waals surface area (Å²) in [7, 11) is 1.62. The Kier molecular flexibility index (Phi) is 3.24. The number of nitrogens with one attached hydrogen (secondary N) is 1. The monoisotopic (exact) mass is 198 g/mol. The van der Waals surface area contributed by atoms with Crippen LogP contribution in [0, 0.1) is 0 Å². The molecule has 0 amide bonds. The molecule has 2 N–H and O–H groups in total. The first-order chi connectivity index (χ1) is 6.59. The second-order valence-electron chi connectivity index (χ2n) is 2.65. The summed E-state index contributed by atoms with van der Waals surface area (Å²) in [4.78, 5) is 25.7. The molecular formula is C8H10N2O4. The van der Waals surface area contributed by atoms with Crippen molar-refractivity contribution in [3.63, 3.8) is 0 Å². The predicted molar refractivity (Wildman–Crippen MR) is 48.9 cm³/mol. The van der Waals surface area contributed by atoms with E-state index in [0.717, 1.165) is 0 Å². The molecule has 0 aliphatic rings. The number of carbonyl (C=O) groups is 1. The van der Waals surface area contributed by atoms with Gasteiger partial charge in [0, 0.05) is 19.3 Å². The van der Waals surface area contributed by atoms with E-state index < -0.39 is 12.6 Å². The Morgan fingerprint density at radius 2 is 2.43 bits per heavy atom. The van der Waals surface area contributed by atoms with Crippen LogP contribution in [-0.2, 0) is 16.7 Å². The normalized spacial score (nSPS) is 9.79. The lowest BCUT2D eigenvalue weighted by Gasteiger charge is -2.04. The third-order valence-electron chi connectivity index (χ3n) is 1.49. The van der Waals surface area contributed by atoms with Gasteiger partial charge in [-0.25, -0.2) is 4.79 Å². The number of aliphatic carboxylic acids is 1. The van der Waals surface area contributed by atoms with Crippen LogP contribution in [0.15, 0.2) is 23.1 Å². The van der Waals surface area contributed by atoms with Gasteiger partial charge in [-0.15, -0.1) is 0 Å². The molecule has 0 saturated carbocycles. The molecule has 0 bridgehead atoms. The van der Waals surface area contributed by atoms with Gasteiger partial charge in [0.25, 0.3) is 5.56 Å². The summed E-state index contributed by atoms with van der Waals surface area (Å²) in [5.74, 6) is -1.08. The highest BCUT2D eigenvalue weighted by Gasteiger charge is 1.98. The van der Waals surface area contributed by atoms with Gasteiger partial charge in [-0.05, 0) is 6.07 Å². The number of anilines is 1. The molecule has 0 radical (unpaired) electrons. The summed E-state index contributed by atoms with van der Waals surface area (Å²) < 4.78 is 1.39. The molecule has 0 aliphatic carbocycles. The van der Waals surface area contributed by atoms with E-state index in [1.165, 1.54) is 10.6 Å². The van der Waals surface area contributed by atoms with Gasteiger partial charge in [0.2, 0.25) is 0 Å². The zero-order valence-corrected chi connectivity index (χ0v) is 7.56. The Bertz CT molecular complexity index is 385. The van der Waals surface area contributed by atoms with Crippen LogP contribution in [0.5, 0.6) is 0 Å². The second-order valence-corrected chi connectivity index (χ2v) is 2.65. The molecule has 1 heterocycles. The Morgan fingerprint density at radius 1 is 1.71 bits per heavy atom. The van der Waals surface area contributed by atoms with E-state index >= 15 is 0 Å². The van der Waals surface area contributed by atoms with Gasteiger partial charge in [-0.2, -0.15) is 0 Å². The lowest BCUT2D eigenvalue weighted by molar-refractivity contribution is -0.141. The Hall–Kier alpha value is -1.82. The fraction of sp³-hybridized carbons (Fsp3) is 0.250. The lowest BCUT2D eigenvalue weighted by atomic mass is 10.4. The highest BCUT2D eigenvalue weighted by Crippen LogP contribution is 2.00. The van der Waals surface area contributed by atoms with Crippen molar-refractivity contribution in [2.24, 2.45) is 7.05 Å². The number of aromatic nitrogens is 1. The fourth-order valence-corrected chi connectivity index (χ4v) is 0.793. The molecular weight excluding hydrogens is 188 g/mol. The van der Waals surface area contributed by atoms with Crippen molar-refractivity contribution in [1.82, 2.24) is 4.57 Å². The number of carboxylic acids is 1. The van der Waals surface area contributed by atoms with Crippen molar-refractivity contribution in [1.29, 1.82) is 0 Å². The Balaban J connectivity index is 2.56. The van der Waals surface area contributed by atoms with Crippen molar-refractivity contribution < 1.29 is 14.7 Å². The smallest absolute Gasteiger partial charge is 0.332 e. The van der Waals surface area contributed by atoms with Crippen LogP contribution < -0.4 is 11.0 Å². The van der Waals surface area contributed by atoms with Crippen LogP contribution in [-0.4, -0.2) is 22.2 Å². The van der Waals surface area contributed by atoms with Gasteiger partial charge in [0.15, 0.2) is 6.61 Å². The molecule has 0 saturated heterocycles. The van der Waals surface area contributed by atoms with E-state index in [-0.39, 0.29) is 5.56 Å². The number of hydrogen-bond donors (Lipinski definition) is 2. The van der Waals surface area contributed by atoms with E-state index in [1.54, 1.807) is 19.3 Å². The maximum Gasteiger partial charge on any atom is 0.332 e. The van der Waals surface area contributed by atoms with Gasteiger partial charge >= 0.3 is 5.97 Å². The summed E-state index contributed by atoms with van der Waals surface area (Å²) in [6.45, 7) is -0.463. The molecule has 14 heavy (non-hydrogen) atoms. The van der Waals surface area contributed by atoms with Crippen LogP contribution in [0.1, 0.15) is 0 Å². The van der Waals surface area contributed by atoms with Gasteiger partial charge in [-0.1, -0.05) is 0 Å². The molecule has 0 aliphatic heterocycles. The second kappa shape index (κ2) is 4.43. The fourth-order valence-electron chi connectivity index (χ4n) is 0.793. The minimum absolute atomic E-state index is 0.200. The van der Waals surface area contributed by atoms with Gasteiger partial charge in [0.1, 0.15) is 0 Å². The minimum atomic E-state index is -1.08. The average molecular weight is 198 g/mol. The summed E-state index contributed by atoms with van der Waals surface area (Å²) in [6, 6.07) is 2.91. The van der Waals surface area contributed by atoms with Gasteiger partial charge < -0.3 is 9.67 Å². The van der Waals surface area contributed by atoms with Crippen molar-refractivity contribution in [3.8, 4) is 0 Å². The maximum atomic E-state index is 11.1. The number of rotatable bonds is 4. The van der Waals surface area contributed by atoms with Crippen LogP contribution in [0.25, 0.3) is 0 Å². The van der Waals surface area contributed by atoms with Crippen molar-refractivity contribution in [2.45, 2.75) is 0 Å². The highest BCUT2D eigenvalue weighted by atomic mass is 16.7. The molecule has 76 valence electrons. The van der Waals surface area contributed by atoms with E-state index in [2.05, 4.69) is 10.3 Å². The summed E-state index contributed by atoms with van der Waals surface area (Å²) in [5.41, 5.74) is 2.58. The molecule has 0 spiro atoms. The molecule has 0 unspecified atom stereocenters. The van der Waals surface area contributed by atoms with Gasteiger partial charge in [-0.3, -0.25) is 15.1 Å². The number of hydrogen-bond acceptors (Lipinski definition) is 4. The third kappa shape index (κ3) is 2.91. The van der Waals surface area contributed by atoms with Crippen LogP contribution >= 0.6 is 0 Å². The molecule has 1 rings (SSSR count). The van der Waals surface area contributed by atoms with Crippen LogP contribution in [0.2, 0.25) is 0 Å². The highest BCUT2D eigenvalue weighted by molar-refractivity contribution is 5.68. The SMILES string of the molecule is Cn1ccc(NOCC(=O)O)cc1=O. The predicted octanol–water partition coefficient (Wildman–Crippen LogP) is -0.187. The molecule has 1 aromatic rings. The maximum absolute atomic E-state index is 11.1. The molecule has 0 atom stereocenters. The van der Waals surface area contributed by atoms with E-state index in [1.807, 2.05) is 0 Å². The first-order valence-electron chi connectivity index (χ1n) is 3.86. The average Bonchev–Trinajstić information content (AvgIpc) is 2.10. The number of carboxylic acid groups (broad SMARTS) is 1. The van der Waals surface area contributed by atoms with Crippen molar-refractivity contribution >= 4 is 11.7 Å². The Morgan fingerprint density at radius 3 is 3.00 bits per heavy atom. The third-order valence-corrected chi connectivity index (χ3v) is 1.49. The summed E-state index contributed by atoms with van der Waals surface area (Å²) in [5, 5.41) is 8.26. The summed E-state index contributed by atoms with van der Waals surface area (Å²) >= 11 is 0. The molecule has 0 aromatic carbocycles. The first-order valence-corrected chi connectivity index (χ1v) is 3.86. The molecule has 0 fully saturated rings. The Labute approximate surface area is 79.7 Å². The lowest BCUT2D eigenvalue weighted by Crippen LogP contribution is -2.17. The van der Waals surface area contributed by atoms with Gasteiger partial charge in [0.05, 0.1) is 5.69 Å². The van der Waals surface area contributed by atoms with Crippen LogP contribution in [0.3, 0.4) is 0 Å². The molecule has 6 nitrogen and oxygen atoms in total. The first kappa shape index (κ1) is 10.3. The van der Waals surface area contributed by atoms with Crippen molar-refractivity contribution in [3.05, 3.63) is 28.7 Å². The number of nitrogens with zero attached hydrogens (tertiary/aromatic N) is 1.